The predicted octanol–water partition coefficient (Wildman–Crippen LogP) is 2.98. The topological polar surface area (TPSA) is 29.3 Å². The summed E-state index contributed by atoms with van der Waals surface area (Å²) < 4.78 is 0. The summed E-state index contributed by atoms with van der Waals surface area (Å²) in [5.41, 5.74) is 8.96. The van der Waals surface area contributed by atoms with Crippen LogP contribution in [0.4, 0.5) is 0 Å². The first kappa shape index (κ1) is 13.6. The maximum Gasteiger partial charge on any atom is 0.0320 e. The Kier molecular flexibility index (Phi) is 4.41. The minimum atomic E-state index is 0.340. The molecule has 1 heterocycles. The Balaban J connectivity index is 2.02. The van der Waals surface area contributed by atoms with Crippen LogP contribution >= 0.6 is 0 Å². The third kappa shape index (κ3) is 2.93. The molecule has 2 nitrogen and oxygen atoms in total. The summed E-state index contributed by atoms with van der Waals surface area (Å²) in [6, 6.07) is 9.93. The fourth-order valence-electron chi connectivity index (χ4n) is 2.81. The van der Waals surface area contributed by atoms with Crippen LogP contribution in [0.3, 0.4) is 0 Å². The zero-order chi connectivity index (χ0) is 13.1. The van der Waals surface area contributed by atoms with Gasteiger partial charge < -0.3 is 5.73 Å². The summed E-state index contributed by atoms with van der Waals surface area (Å²) in [6.45, 7) is 8.92. The monoisotopic (exact) mass is 246 g/mol. The lowest BCUT2D eigenvalue weighted by molar-refractivity contribution is 0.253. The number of likely N-dealkylation sites (tertiary alicyclic amines) is 1. The molecule has 100 valence electrons. The lowest BCUT2D eigenvalue weighted by atomic mass is 10.0. The summed E-state index contributed by atoms with van der Waals surface area (Å²) in [5, 5.41) is 0. The largest absolute Gasteiger partial charge is 0.326 e. The summed E-state index contributed by atoms with van der Waals surface area (Å²) in [5.74, 6) is 0.617. The van der Waals surface area contributed by atoms with E-state index in [2.05, 4.69) is 49.9 Å². The van der Waals surface area contributed by atoms with E-state index in [4.69, 9.17) is 5.73 Å². The first-order valence-corrected chi connectivity index (χ1v) is 7.20. The number of benzene rings is 1. The molecular formula is C16H26N2. The average molecular weight is 246 g/mol. The Morgan fingerprint density at radius 3 is 2.44 bits per heavy atom. The maximum atomic E-state index is 6.11. The zero-order valence-corrected chi connectivity index (χ0v) is 11.9. The molecule has 3 atom stereocenters. The van der Waals surface area contributed by atoms with Gasteiger partial charge in [0.2, 0.25) is 0 Å². The van der Waals surface area contributed by atoms with Gasteiger partial charge in [-0.3, -0.25) is 4.90 Å². The number of aryl methyl sites for hydroxylation is 1. The van der Waals surface area contributed by atoms with Crippen LogP contribution in [0, 0.1) is 5.92 Å². The van der Waals surface area contributed by atoms with E-state index in [1.807, 2.05) is 0 Å². The highest BCUT2D eigenvalue weighted by atomic mass is 15.2. The van der Waals surface area contributed by atoms with Gasteiger partial charge in [0.15, 0.2) is 0 Å². The average Bonchev–Trinajstić information content (AvgIpc) is 2.70. The first-order chi connectivity index (χ1) is 8.61. The van der Waals surface area contributed by atoms with Gasteiger partial charge in [-0.2, -0.15) is 0 Å². The van der Waals surface area contributed by atoms with Crippen molar-refractivity contribution in [3.8, 4) is 0 Å². The Bertz CT molecular complexity index is 361. The number of rotatable bonds is 4. The van der Waals surface area contributed by atoms with Crippen molar-refractivity contribution < 1.29 is 0 Å². The first-order valence-electron chi connectivity index (χ1n) is 7.20. The lowest BCUT2D eigenvalue weighted by Gasteiger charge is -2.24. The quantitative estimate of drug-likeness (QED) is 0.885. The van der Waals surface area contributed by atoms with Gasteiger partial charge in [0, 0.05) is 25.2 Å². The molecule has 2 N–H and O–H groups in total. The van der Waals surface area contributed by atoms with Crippen LogP contribution in [0.5, 0.6) is 0 Å². The summed E-state index contributed by atoms with van der Waals surface area (Å²) >= 11 is 0. The molecule has 1 aliphatic heterocycles. The fraction of sp³-hybridized carbons (Fsp3) is 0.625. The molecule has 1 saturated heterocycles. The zero-order valence-electron chi connectivity index (χ0n) is 11.9. The number of hydrogen-bond donors (Lipinski definition) is 1. The number of nitrogens with two attached hydrogens (primary N) is 1. The van der Waals surface area contributed by atoms with Gasteiger partial charge in [0.05, 0.1) is 0 Å². The van der Waals surface area contributed by atoms with Crippen molar-refractivity contribution >= 4 is 0 Å². The standard InChI is InChI=1S/C16H26N2/c1-4-5-14-6-8-15(9-7-14)13(3)18-10-12(2)16(17)11-18/h6-9,12-13,16H,4-5,10-11,17H2,1-3H3. The van der Waals surface area contributed by atoms with Crippen molar-refractivity contribution in [1.82, 2.24) is 4.90 Å². The maximum absolute atomic E-state index is 6.11. The number of hydrogen-bond acceptors (Lipinski definition) is 2. The molecule has 2 rings (SSSR count). The second-order valence-electron chi connectivity index (χ2n) is 5.76. The predicted molar refractivity (Wildman–Crippen MR) is 77.6 cm³/mol. The molecule has 0 spiro atoms. The smallest absolute Gasteiger partial charge is 0.0320 e. The lowest BCUT2D eigenvalue weighted by Crippen LogP contribution is -2.29. The third-order valence-corrected chi connectivity index (χ3v) is 4.25. The molecule has 0 aliphatic carbocycles. The minimum absolute atomic E-state index is 0.340. The van der Waals surface area contributed by atoms with Crippen molar-refractivity contribution in [1.29, 1.82) is 0 Å². The van der Waals surface area contributed by atoms with E-state index in [-0.39, 0.29) is 0 Å². The minimum Gasteiger partial charge on any atom is -0.326 e. The second kappa shape index (κ2) is 5.85. The molecule has 1 fully saturated rings. The summed E-state index contributed by atoms with van der Waals surface area (Å²) in [4.78, 5) is 2.50. The Morgan fingerprint density at radius 1 is 1.28 bits per heavy atom. The highest BCUT2D eigenvalue weighted by Gasteiger charge is 2.29. The van der Waals surface area contributed by atoms with Crippen LogP contribution in [-0.4, -0.2) is 24.0 Å². The van der Waals surface area contributed by atoms with Crippen LogP contribution in [0.2, 0.25) is 0 Å². The highest BCUT2D eigenvalue weighted by molar-refractivity contribution is 5.25. The molecule has 3 unspecified atom stereocenters. The van der Waals surface area contributed by atoms with E-state index in [9.17, 15) is 0 Å². The molecular weight excluding hydrogens is 220 g/mol. The molecule has 1 aliphatic rings. The van der Waals surface area contributed by atoms with Crippen molar-refractivity contribution in [3.05, 3.63) is 35.4 Å². The summed E-state index contributed by atoms with van der Waals surface area (Å²) in [6.07, 6.45) is 2.40. The van der Waals surface area contributed by atoms with Gasteiger partial charge in [0.1, 0.15) is 0 Å². The van der Waals surface area contributed by atoms with Crippen LogP contribution in [0.15, 0.2) is 24.3 Å². The van der Waals surface area contributed by atoms with Crippen molar-refractivity contribution in [3.63, 3.8) is 0 Å². The SMILES string of the molecule is CCCc1ccc(C(C)N2CC(C)C(N)C2)cc1. The molecule has 0 amide bonds. The Morgan fingerprint density at radius 2 is 1.94 bits per heavy atom. The molecule has 18 heavy (non-hydrogen) atoms. The van der Waals surface area contributed by atoms with Crippen molar-refractivity contribution in [2.24, 2.45) is 11.7 Å². The van der Waals surface area contributed by atoms with Crippen LogP contribution in [0.25, 0.3) is 0 Å². The Labute approximate surface area is 111 Å². The van der Waals surface area contributed by atoms with E-state index in [0.29, 0.717) is 18.0 Å². The van der Waals surface area contributed by atoms with Gasteiger partial charge in [-0.15, -0.1) is 0 Å². The number of nitrogens with zero attached hydrogens (tertiary/aromatic N) is 1. The van der Waals surface area contributed by atoms with E-state index in [1.54, 1.807) is 0 Å². The molecule has 1 aromatic rings. The van der Waals surface area contributed by atoms with E-state index >= 15 is 0 Å². The summed E-state index contributed by atoms with van der Waals surface area (Å²) in [7, 11) is 0. The van der Waals surface area contributed by atoms with Gasteiger partial charge in [-0.05, 0) is 30.4 Å². The van der Waals surface area contributed by atoms with Gasteiger partial charge >= 0.3 is 0 Å². The van der Waals surface area contributed by atoms with E-state index in [1.165, 1.54) is 24.0 Å². The van der Waals surface area contributed by atoms with Crippen molar-refractivity contribution in [2.75, 3.05) is 13.1 Å². The molecule has 0 bridgehead atoms. The van der Waals surface area contributed by atoms with Crippen molar-refractivity contribution in [2.45, 2.75) is 45.7 Å². The molecule has 0 aromatic heterocycles. The molecule has 0 radical (unpaired) electrons. The van der Waals surface area contributed by atoms with Gasteiger partial charge in [-0.1, -0.05) is 44.5 Å². The van der Waals surface area contributed by atoms with Crippen LogP contribution in [-0.2, 0) is 6.42 Å². The highest BCUT2D eigenvalue weighted by Crippen LogP contribution is 2.26. The van der Waals surface area contributed by atoms with Crippen LogP contribution < -0.4 is 5.73 Å². The van der Waals surface area contributed by atoms with E-state index < -0.39 is 0 Å². The molecule has 1 aromatic carbocycles. The molecule has 2 heteroatoms. The van der Waals surface area contributed by atoms with Crippen LogP contribution in [0.1, 0.15) is 44.4 Å². The van der Waals surface area contributed by atoms with Gasteiger partial charge in [-0.25, -0.2) is 0 Å². The second-order valence-corrected chi connectivity index (χ2v) is 5.76. The third-order valence-electron chi connectivity index (χ3n) is 4.25. The normalized spacial score (nSPS) is 26.4. The van der Waals surface area contributed by atoms with E-state index in [0.717, 1.165) is 13.1 Å². The van der Waals surface area contributed by atoms with Gasteiger partial charge in [0.25, 0.3) is 0 Å². The molecule has 0 saturated carbocycles. The fourth-order valence-corrected chi connectivity index (χ4v) is 2.81. The Hall–Kier alpha value is -0.860.